The first-order valence-electron chi connectivity index (χ1n) is 13.3. The number of aliphatic hydroxyl groups is 1. The van der Waals surface area contributed by atoms with Crippen LogP contribution in [0.25, 0.3) is 27.5 Å². The van der Waals surface area contributed by atoms with Gasteiger partial charge in [-0.25, -0.2) is 14.5 Å². The van der Waals surface area contributed by atoms with E-state index < -0.39 is 0 Å². The second-order valence-electron chi connectivity index (χ2n) is 9.67. The van der Waals surface area contributed by atoms with Crippen LogP contribution < -0.4 is 10.2 Å². The van der Waals surface area contributed by atoms with Crippen molar-refractivity contribution < 1.29 is 9.90 Å². The van der Waals surface area contributed by atoms with E-state index in [9.17, 15) is 9.90 Å². The number of hydrogen-bond acceptors (Lipinski definition) is 8. The number of rotatable bonds is 10. The fourth-order valence-corrected chi connectivity index (χ4v) is 5.88. The Kier molecular flexibility index (Phi) is 8.01. The minimum Gasteiger partial charge on any atom is -0.394 e. The quantitative estimate of drug-likeness (QED) is 0.319. The minimum absolute atomic E-state index is 0.0104. The summed E-state index contributed by atoms with van der Waals surface area (Å²) in [5.74, 6) is 0.548. The Bertz CT molecular complexity index is 1380. The Morgan fingerprint density at radius 2 is 2.08 bits per heavy atom. The molecular formula is C28H35N7O2S. The van der Waals surface area contributed by atoms with Crippen LogP contribution >= 0.6 is 11.3 Å². The van der Waals surface area contributed by atoms with Gasteiger partial charge in [-0.2, -0.15) is 5.10 Å². The maximum Gasteiger partial charge on any atom is 0.251 e. The van der Waals surface area contributed by atoms with Crippen LogP contribution in [-0.4, -0.2) is 80.4 Å². The Morgan fingerprint density at radius 3 is 2.82 bits per heavy atom. The van der Waals surface area contributed by atoms with Crippen molar-refractivity contribution >= 4 is 28.7 Å². The van der Waals surface area contributed by atoms with Gasteiger partial charge >= 0.3 is 0 Å². The van der Waals surface area contributed by atoms with Crippen LogP contribution in [0.15, 0.2) is 48.1 Å². The van der Waals surface area contributed by atoms with E-state index in [1.807, 2.05) is 41.9 Å². The Hall–Kier alpha value is -3.34. The molecule has 2 N–H and O–H groups in total. The monoisotopic (exact) mass is 533 g/mol. The summed E-state index contributed by atoms with van der Waals surface area (Å²) in [4.78, 5) is 28.8. The Morgan fingerprint density at radius 1 is 1.24 bits per heavy atom. The molecule has 0 bridgehead atoms. The molecule has 2 atom stereocenters. The smallest absolute Gasteiger partial charge is 0.251 e. The molecule has 0 saturated carbocycles. The average Bonchev–Trinajstić information content (AvgIpc) is 3.72. The lowest BCUT2D eigenvalue weighted by molar-refractivity contribution is 0.0938. The zero-order valence-electron chi connectivity index (χ0n) is 22.2. The number of nitrogens with one attached hydrogen (secondary N) is 1. The van der Waals surface area contributed by atoms with E-state index in [1.165, 1.54) is 0 Å². The molecule has 200 valence electrons. The molecule has 5 rings (SSSR count). The van der Waals surface area contributed by atoms with Crippen LogP contribution in [0.5, 0.6) is 0 Å². The highest BCUT2D eigenvalue weighted by Crippen LogP contribution is 2.31. The van der Waals surface area contributed by atoms with E-state index in [0.29, 0.717) is 29.3 Å². The van der Waals surface area contributed by atoms with Gasteiger partial charge in [0.1, 0.15) is 5.82 Å². The molecule has 4 aromatic rings. The number of pyridine rings is 1. The first kappa shape index (κ1) is 26.3. The molecule has 38 heavy (non-hydrogen) atoms. The van der Waals surface area contributed by atoms with E-state index in [1.54, 1.807) is 22.0 Å². The second-order valence-corrected chi connectivity index (χ2v) is 10.6. The largest absolute Gasteiger partial charge is 0.394 e. The number of amides is 1. The molecule has 1 aliphatic rings. The van der Waals surface area contributed by atoms with Crippen LogP contribution in [0, 0.1) is 0 Å². The molecule has 0 spiro atoms. The standard InChI is InChI=1S/C28H35N7O2S/c1-4-33(5-2)19(3)16-29-28(37)20-14-24(31-26(15-20)34-11-6-8-21(34)18-36)22-17-30-35-12-10-23(32-27(22)35)25-9-7-13-38-25/h7,9-10,12-15,17,19,21,36H,4-6,8,11,16,18H2,1-3H3,(H,29,37)/t19-,21-/m0/s1. The number of aromatic nitrogens is 4. The molecular weight excluding hydrogens is 498 g/mol. The van der Waals surface area contributed by atoms with E-state index in [-0.39, 0.29) is 24.6 Å². The van der Waals surface area contributed by atoms with Crippen molar-refractivity contribution in [2.75, 3.05) is 37.7 Å². The van der Waals surface area contributed by atoms with Gasteiger partial charge in [-0.1, -0.05) is 19.9 Å². The molecule has 0 unspecified atom stereocenters. The number of fused-ring (bicyclic) bond motifs is 1. The van der Waals surface area contributed by atoms with Gasteiger partial charge in [-0.15, -0.1) is 11.3 Å². The lowest BCUT2D eigenvalue weighted by Crippen LogP contribution is -2.42. The average molecular weight is 534 g/mol. The van der Waals surface area contributed by atoms with Gasteiger partial charge in [-0.3, -0.25) is 9.69 Å². The highest BCUT2D eigenvalue weighted by atomic mass is 32.1. The van der Waals surface area contributed by atoms with Crippen LogP contribution in [0.4, 0.5) is 5.82 Å². The van der Waals surface area contributed by atoms with E-state index in [4.69, 9.17) is 9.97 Å². The van der Waals surface area contributed by atoms with Gasteiger partial charge in [0.25, 0.3) is 5.91 Å². The third kappa shape index (κ3) is 5.29. The molecule has 1 saturated heterocycles. The number of thiophene rings is 1. The van der Waals surface area contributed by atoms with Crippen molar-refractivity contribution in [3.05, 3.63) is 53.7 Å². The number of likely N-dealkylation sites (N-methyl/N-ethyl adjacent to an activating group) is 1. The number of hydrogen-bond donors (Lipinski definition) is 2. The van der Waals surface area contributed by atoms with E-state index in [2.05, 4.69) is 41.0 Å². The van der Waals surface area contributed by atoms with Gasteiger partial charge in [0, 0.05) is 30.9 Å². The summed E-state index contributed by atoms with van der Waals surface area (Å²) in [6, 6.07) is 9.88. The van der Waals surface area contributed by atoms with Gasteiger partial charge < -0.3 is 15.3 Å². The summed E-state index contributed by atoms with van der Waals surface area (Å²) in [6.45, 7) is 9.65. The first-order chi connectivity index (χ1) is 18.5. The highest BCUT2D eigenvalue weighted by Gasteiger charge is 2.27. The van der Waals surface area contributed by atoms with Crippen molar-refractivity contribution in [2.45, 2.75) is 45.7 Å². The number of nitrogens with zero attached hydrogens (tertiary/aromatic N) is 6. The predicted octanol–water partition coefficient (Wildman–Crippen LogP) is 3.94. The van der Waals surface area contributed by atoms with Crippen molar-refractivity contribution in [3.8, 4) is 21.8 Å². The van der Waals surface area contributed by atoms with Crippen molar-refractivity contribution in [1.82, 2.24) is 29.8 Å². The normalized spacial score (nSPS) is 16.4. The first-order valence-corrected chi connectivity index (χ1v) is 14.2. The van der Waals surface area contributed by atoms with E-state index in [0.717, 1.165) is 48.6 Å². The molecule has 4 aromatic heterocycles. The molecule has 1 aliphatic heterocycles. The summed E-state index contributed by atoms with van der Waals surface area (Å²) in [5.41, 5.74) is 3.49. The molecule has 0 radical (unpaired) electrons. The summed E-state index contributed by atoms with van der Waals surface area (Å²) < 4.78 is 1.73. The van der Waals surface area contributed by atoms with Gasteiger partial charge in [0.2, 0.25) is 0 Å². The van der Waals surface area contributed by atoms with Gasteiger partial charge in [0.15, 0.2) is 5.65 Å². The summed E-state index contributed by atoms with van der Waals surface area (Å²) in [6.07, 6.45) is 5.52. The lowest BCUT2D eigenvalue weighted by atomic mass is 10.1. The minimum atomic E-state index is -0.141. The number of anilines is 1. The van der Waals surface area contributed by atoms with Crippen molar-refractivity contribution in [3.63, 3.8) is 0 Å². The molecule has 10 heteroatoms. The summed E-state index contributed by atoms with van der Waals surface area (Å²) in [5, 5.41) is 19.6. The fraction of sp³-hybridized carbons (Fsp3) is 0.429. The molecule has 5 heterocycles. The molecule has 0 aromatic carbocycles. The summed E-state index contributed by atoms with van der Waals surface area (Å²) >= 11 is 1.64. The fourth-order valence-electron chi connectivity index (χ4n) is 5.19. The highest BCUT2D eigenvalue weighted by molar-refractivity contribution is 7.13. The predicted molar refractivity (Wildman–Crippen MR) is 152 cm³/mol. The maximum absolute atomic E-state index is 13.4. The van der Waals surface area contributed by atoms with Gasteiger partial charge in [0.05, 0.1) is 40.7 Å². The maximum atomic E-state index is 13.4. The SMILES string of the molecule is CCN(CC)[C@@H](C)CNC(=O)c1cc(-c2cnn3ccc(-c4cccs4)nc23)nc(N2CCC[C@H]2CO)c1. The molecule has 0 aliphatic carbocycles. The number of aliphatic hydroxyl groups excluding tert-OH is 1. The molecule has 1 amide bonds. The summed E-state index contributed by atoms with van der Waals surface area (Å²) in [7, 11) is 0. The van der Waals surface area contributed by atoms with E-state index >= 15 is 0 Å². The lowest BCUT2D eigenvalue weighted by Gasteiger charge is -2.27. The number of carbonyl (C=O) groups excluding carboxylic acids is 1. The molecule has 9 nitrogen and oxygen atoms in total. The van der Waals surface area contributed by atoms with Crippen LogP contribution in [0.3, 0.4) is 0 Å². The van der Waals surface area contributed by atoms with Crippen molar-refractivity contribution in [1.29, 1.82) is 0 Å². The Balaban J connectivity index is 1.53. The zero-order valence-corrected chi connectivity index (χ0v) is 23.0. The second kappa shape index (κ2) is 11.6. The topological polar surface area (TPSA) is 98.9 Å². The van der Waals surface area contributed by atoms with Crippen LogP contribution in [0.2, 0.25) is 0 Å². The van der Waals surface area contributed by atoms with Crippen molar-refractivity contribution in [2.24, 2.45) is 0 Å². The zero-order chi connectivity index (χ0) is 26.6. The van der Waals surface area contributed by atoms with Crippen LogP contribution in [-0.2, 0) is 0 Å². The van der Waals surface area contributed by atoms with Crippen LogP contribution in [0.1, 0.15) is 44.0 Å². The Labute approximate surface area is 227 Å². The third-order valence-corrected chi connectivity index (χ3v) is 8.26. The third-order valence-electron chi connectivity index (χ3n) is 7.37. The number of carbonyl (C=O) groups is 1. The molecule has 1 fully saturated rings. The van der Waals surface area contributed by atoms with Gasteiger partial charge in [-0.05, 0) is 62.5 Å².